The summed E-state index contributed by atoms with van der Waals surface area (Å²) in [6.45, 7) is 17.5. The Hall–Kier alpha value is -3.04. The number of amides is 5. The molecule has 5 rings (SSSR count). The molecular formula is C42H69N5O9S. The molecule has 322 valence electrons. The van der Waals surface area contributed by atoms with Gasteiger partial charge in [-0.3, -0.25) is 19.2 Å². The van der Waals surface area contributed by atoms with Gasteiger partial charge >= 0.3 is 6.03 Å². The van der Waals surface area contributed by atoms with Crippen molar-refractivity contribution in [1.29, 1.82) is 0 Å². The van der Waals surface area contributed by atoms with Gasteiger partial charge in [0.05, 0.1) is 28.7 Å². The molecule has 57 heavy (non-hydrogen) atoms. The summed E-state index contributed by atoms with van der Waals surface area (Å²) in [6.07, 6.45) is 10.1. The Morgan fingerprint density at radius 3 is 2.25 bits per heavy atom. The molecular weight excluding hydrogens is 751 g/mol. The Labute approximate surface area is 340 Å². The average molecular weight is 820 g/mol. The van der Waals surface area contributed by atoms with Crippen molar-refractivity contribution in [2.24, 2.45) is 28.6 Å². The normalized spacial score (nSPS) is 26.6. The van der Waals surface area contributed by atoms with Crippen LogP contribution in [0.25, 0.3) is 0 Å². The standard InChI is InChI=1S/C42H69N5O9S/c1-9-22-43-36(50)33(48)29(19-18-27-16-17-27)44-35(49)32-31-28(41(31,7)8)24-47(32)37(51)34(39(2,3)4)45-38(52)46-42(20-12-10-13-21-42)26-57(53,54)40(5,6)25-56-30-15-11-14-23-55-30/h9,27-32,34H,1,10-26H2,2-8H3,(H,43,50)(H,44,49)(H2,45,46,52)/t28-,29?,30?,31-,32-,34+/m0/s1. The number of carbonyl (C=O) groups excluding carboxylic acids is 5. The molecule has 0 aromatic heterocycles. The van der Waals surface area contributed by atoms with Crippen LogP contribution >= 0.6 is 0 Å². The monoisotopic (exact) mass is 819 g/mol. The molecule has 0 radical (unpaired) electrons. The van der Waals surface area contributed by atoms with Gasteiger partial charge in [-0.25, -0.2) is 13.2 Å². The van der Waals surface area contributed by atoms with Gasteiger partial charge < -0.3 is 35.6 Å². The van der Waals surface area contributed by atoms with Gasteiger partial charge in [-0.1, -0.05) is 72.8 Å². The quantitative estimate of drug-likeness (QED) is 0.116. The zero-order valence-corrected chi connectivity index (χ0v) is 36.2. The van der Waals surface area contributed by atoms with Crippen LogP contribution in [0.15, 0.2) is 12.7 Å². The Bertz CT molecular complexity index is 1620. The number of rotatable bonds is 18. The van der Waals surface area contributed by atoms with Crippen molar-refractivity contribution in [3.8, 4) is 0 Å². The lowest BCUT2D eigenvalue weighted by molar-refractivity contribution is -0.165. The third-order valence-electron chi connectivity index (χ3n) is 13.2. The SMILES string of the molecule is C=CCNC(=O)C(=O)C(CCC1CC1)NC(=O)[C@@H]1[C@@H]2[C@H](CN1C(=O)[C@@H](NC(=O)NC1(CS(=O)(=O)C(C)(C)COC3CCCCO3)CCCCC1)C(C)(C)C)C2(C)C. The van der Waals surface area contributed by atoms with E-state index >= 15 is 0 Å². The number of hydrogen-bond acceptors (Lipinski definition) is 9. The highest BCUT2D eigenvalue weighted by atomic mass is 32.2. The van der Waals surface area contributed by atoms with Crippen LogP contribution in [0.5, 0.6) is 0 Å². The van der Waals surface area contributed by atoms with Crippen LogP contribution in [-0.2, 0) is 38.5 Å². The van der Waals surface area contributed by atoms with Crippen molar-refractivity contribution < 1.29 is 41.9 Å². The number of urea groups is 1. The molecule has 0 spiro atoms. The van der Waals surface area contributed by atoms with E-state index in [9.17, 15) is 32.4 Å². The number of likely N-dealkylation sites (tertiary alicyclic amines) is 1. The molecule has 15 heteroatoms. The lowest BCUT2D eigenvalue weighted by Crippen LogP contribution is -2.64. The molecule has 14 nitrogen and oxygen atoms in total. The second kappa shape index (κ2) is 17.7. The van der Waals surface area contributed by atoms with E-state index in [1.54, 1.807) is 13.8 Å². The van der Waals surface area contributed by atoms with Crippen LogP contribution in [0.4, 0.5) is 4.79 Å². The number of fused-ring (bicyclic) bond motifs is 1. The minimum absolute atomic E-state index is 0.0375. The zero-order valence-electron chi connectivity index (χ0n) is 35.4. The first kappa shape index (κ1) is 45.1. The van der Waals surface area contributed by atoms with Crippen molar-refractivity contribution in [2.75, 3.05) is 32.1 Å². The maximum absolute atomic E-state index is 14.7. The third-order valence-corrected chi connectivity index (χ3v) is 16.0. The molecule has 0 aromatic carbocycles. The second-order valence-electron chi connectivity index (χ2n) is 19.7. The molecule has 2 unspecified atom stereocenters. The number of ketones is 1. The van der Waals surface area contributed by atoms with E-state index in [1.165, 1.54) is 11.0 Å². The van der Waals surface area contributed by atoms with Gasteiger partial charge in [-0.2, -0.15) is 0 Å². The van der Waals surface area contributed by atoms with E-state index in [2.05, 4.69) is 41.7 Å². The number of ether oxygens (including phenoxy) is 2. The number of Topliss-reactive ketones (excluding diaryl/α,β-unsaturated/α-hetero) is 1. The van der Waals surface area contributed by atoms with E-state index < -0.39 is 79.5 Å². The summed E-state index contributed by atoms with van der Waals surface area (Å²) in [5.74, 6) is -2.39. The van der Waals surface area contributed by atoms with Gasteiger partial charge in [0.25, 0.3) is 5.91 Å². The highest BCUT2D eigenvalue weighted by Crippen LogP contribution is 2.65. The highest BCUT2D eigenvalue weighted by molar-refractivity contribution is 7.92. The summed E-state index contributed by atoms with van der Waals surface area (Å²) in [7, 11) is -3.81. The Kier molecular flexibility index (Phi) is 14.0. The maximum atomic E-state index is 14.7. The Morgan fingerprint density at radius 1 is 0.965 bits per heavy atom. The fourth-order valence-corrected chi connectivity index (χ4v) is 10.8. The van der Waals surface area contributed by atoms with Crippen LogP contribution < -0.4 is 21.3 Å². The molecule has 5 amide bonds. The third kappa shape index (κ3) is 10.8. The van der Waals surface area contributed by atoms with Gasteiger partial charge in [0.15, 0.2) is 16.1 Å². The molecule has 2 aliphatic heterocycles. The van der Waals surface area contributed by atoms with Gasteiger partial charge in [0, 0.05) is 19.7 Å². The van der Waals surface area contributed by atoms with Crippen molar-refractivity contribution in [3.63, 3.8) is 0 Å². The number of piperidine rings is 1. The highest BCUT2D eigenvalue weighted by Gasteiger charge is 2.70. The summed E-state index contributed by atoms with van der Waals surface area (Å²) in [5.41, 5.74) is -2.07. The van der Waals surface area contributed by atoms with Crippen LogP contribution in [-0.4, -0.2) is 110 Å². The minimum atomic E-state index is -3.81. The molecule has 3 aliphatic carbocycles. The summed E-state index contributed by atoms with van der Waals surface area (Å²) in [5, 5.41) is 11.4. The minimum Gasteiger partial charge on any atom is -0.353 e. The van der Waals surface area contributed by atoms with Crippen molar-refractivity contribution in [2.45, 2.75) is 160 Å². The van der Waals surface area contributed by atoms with E-state index in [1.807, 2.05) is 20.8 Å². The Morgan fingerprint density at radius 2 is 1.65 bits per heavy atom. The fourth-order valence-electron chi connectivity index (χ4n) is 9.10. The van der Waals surface area contributed by atoms with Crippen molar-refractivity contribution in [1.82, 2.24) is 26.2 Å². The molecule has 2 saturated heterocycles. The average Bonchev–Trinajstić information content (AvgIpc) is 4.01. The molecule has 0 aromatic rings. The summed E-state index contributed by atoms with van der Waals surface area (Å²) >= 11 is 0. The number of carbonyl (C=O) groups is 5. The van der Waals surface area contributed by atoms with E-state index in [-0.39, 0.29) is 36.2 Å². The van der Waals surface area contributed by atoms with Gasteiger partial charge in [0.2, 0.25) is 17.6 Å². The molecule has 2 heterocycles. The maximum Gasteiger partial charge on any atom is 0.315 e. The summed E-state index contributed by atoms with van der Waals surface area (Å²) < 4.78 is 38.5. The van der Waals surface area contributed by atoms with Crippen LogP contribution in [0.1, 0.15) is 126 Å². The number of hydrogen-bond donors (Lipinski definition) is 4. The van der Waals surface area contributed by atoms with E-state index in [0.717, 1.165) is 44.9 Å². The van der Waals surface area contributed by atoms with Gasteiger partial charge in [0.1, 0.15) is 12.1 Å². The lowest BCUT2D eigenvalue weighted by atomic mass is 9.83. The van der Waals surface area contributed by atoms with E-state index in [4.69, 9.17) is 9.47 Å². The van der Waals surface area contributed by atoms with Crippen molar-refractivity contribution >= 4 is 39.4 Å². The summed E-state index contributed by atoms with van der Waals surface area (Å²) in [6, 6.07) is -3.66. The Balaban J connectivity index is 1.31. The van der Waals surface area contributed by atoms with Crippen LogP contribution in [0.2, 0.25) is 0 Å². The smallest absolute Gasteiger partial charge is 0.315 e. The zero-order chi connectivity index (χ0) is 42.0. The van der Waals surface area contributed by atoms with Gasteiger partial charge in [-0.15, -0.1) is 6.58 Å². The lowest BCUT2D eigenvalue weighted by Gasteiger charge is -2.42. The first-order valence-corrected chi connectivity index (χ1v) is 22.9. The summed E-state index contributed by atoms with van der Waals surface area (Å²) in [4.78, 5) is 70.6. The van der Waals surface area contributed by atoms with Gasteiger partial charge in [-0.05, 0) is 87.4 Å². The topological polar surface area (TPSA) is 189 Å². The predicted octanol–water partition coefficient (Wildman–Crippen LogP) is 4.17. The number of sulfone groups is 1. The van der Waals surface area contributed by atoms with Crippen molar-refractivity contribution in [3.05, 3.63) is 12.7 Å². The molecule has 0 bridgehead atoms. The first-order valence-electron chi connectivity index (χ1n) is 21.2. The molecule has 5 fully saturated rings. The molecule has 6 atom stereocenters. The first-order chi connectivity index (χ1) is 26.6. The number of nitrogens with one attached hydrogen (secondary N) is 4. The molecule has 3 saturated carbocycles. The number of nitrogens with zero attached hydrogens (tertiary/aromatic N) is 1. The van der Waals surface area contributed by atoms with Crippen LogP contribution in [0, 0.1) is 28.6 Å². The second-order valence-corrected chi connectivity index (χ2v) is 22.3. The van der Waals surface area contributed by atoms with E-state index in [0.29, 0.717) is 51.2 Å². The molecule has 5 aliphatic rings. The fraction of sp³-hybridized carbons (Fsp3) is 0.833. The van der Waals surface area contributed by atoms with Crippen LogP contribution in [0.3, 0.4) is 0 Å². The largest absolute Gasteiger partial charge is 0.353 e. The molecule has 4 N–H and O–H groups in total. The predicted molar refractivity (Wildman–Crippen MR) is 216 cm³/mol.